The fraction of sp³-hybridized carbons (Fsp3) is 0.917. The topological polar surface area (TPSA) is 67.6 Å². The van der Waals surface area contributed by atoms with Crippen molar-refractivity contribution in [2.24, 2.45) is 5.73 Å². The standard InChI is InChI=1S/C12H23N3O2/c1-11(2,15-5-7-17-8-6-15)9-14-10(16)12(13)3-4-12/h3-9,13H2,1-2H3,(H,14,16). The lowest BCUT2D eigenvalue weighted by molar-refractivity contribution is -0.124. The Morgan fingerprint density at radius 1 is 1.41 bits per heavy atom. The van der Waals surface area contributed by atoms with Crippen molar-refractivity contribution in [3.05, 3.63) is 0 Å². The average Bonchev–Trinajstić information content (AvgIpc) is 3.07. The highest BCUT2D eigenvalue weighted by atomic mass is 16.5. The van der Waals surface area contributed by atoms with Crippen molar-refractivity contribution in [3.63, 3.8) is 0 Å². The zero-order chi connectivity index (χ0) is 12.5. The van der Waals surface area contributed by atoms with Gasteiger partial charge in [0, 0.05) is 25.2 Å². The van der Waals surface area contributed by atoms with Crippen LogP contribution in [-0.2, 0) is 9.53 Å². The van der Waals surface area contributed by atoms with Gasteiger partial charge in [-0.25, -0.2) is 0 Å². The van der Waals surface area contributed by atoms with Crippen molar-refractivity contribution in [1.82, 2.24) is 10.2 Å². The predicted octanol–water partition coefficient (Wildman–Crippen LogP) is -0.295. The first-order valence-electron chi connectivity index (χ1n) is 6.34. The first-order valence-corrected chi connectivity index (χ1v) is 6.34. The van der Waals surface area contributed by atoms with E-state index in [1.165, 1.54) is 0 Å². The Bertz CT molecular complexity index is 294. The van der Waals surface area contributed by atoms with Gasteiger partial charge in [-0.15, -0.1) is 0 Å². The van der Waals surface area contributed by atoms with E-state index in [1.807, 2.05) is 0 Å². The Kier molecular flexibility index (Phi) is 3.43. The summed E-state index contributed by atoms with van der Waals surface area (Å²) in [5, 5.41) is 2.98. The van der Waals surface area contributed by atoms with Gasteiger partial charge in [-0.05, 0) is 26.7 Å². The van der Waals surface area contributed by atoms with Crippen molar-refractivity contribution in [2.75, 3.05) is 32.8 Å². The number of morpholine rings is 1. The molecular weight excluding hydrogens is 218 g/mol. The third-order valence-corrected chi connectivity index (χ3v) is 3.79. The second-order valence-corrected chi connectivity index (χ2v) is 5.75. The third-order valence-electron chi connectivity index (χ3n) is 3.79. The van der Waals surface area contributed by atoms with E-state index in [2.05, 4.69) is 24.1 Å². The molecule has 1 heterocycles. The summed E-state index contributed by atoms with van der Waals surface area (Å²) >= 11 is 0. The Balaban J connectivity index is 1.81. The highest BCUT2D eigenvalue weighted by molar-refractivity contribution is 5.89. The minimum Gasteiger partial charge on any atom is -0.379 e. The maximum absolute atomic E-state index is 11.8. The molecule has 17 heavy (non-hydrogen) atoms. The van der Waals surface area contributed by atoms with Crippen LogP contribution in [0.25, 0.3) is 0 Å². The molecule has 1 amide bonds. The quantitative estimate of drug-likeness (QED) is 0.709. The molecule has 1 aliphatic carbocycles. The molecule has 3 N–H and O–H groups in total. The van der Waals surface area contributed by atoms with E-state index in [0.717, 1.165) is 39.1 Å². The van der Waals surface area contributed by atoms with E-state index in [0.29, 0.717) is 6.54 Å². The van der Waals surface area contributed by atoms with E-state index >= 15 is 0 Å². The van der Waals surface area contributed by atoms with Crippen LogP contribution in [0.3, 0.4) is 0 Å². The number of ether oxygens (including phenoxy) is 1. The molecule has 5 heteroatoms. The van der Waals surface area contributed by atoms with E-state index in [9.17, 15) is 4.79 Å². The van der Waals surface area contributed by atoms with Crippen molar-refractivity contribution in [3.8, 4) is 0 Å². The maximum Gasteiger partial charge on any atom is 0.240 e. The largest absolute Gasteiger partial charge is 0.379 e. The summed E-state index contributed by atoms with van der Waals surface area (Å²) in [6.07, 6.45) is 1.63. The molecular formula is C12H23N3O2. The minimum absolute atomic E-state index is 0.00108. The monoisotopic (exact) mass is 241 g/mol. The van der Waals surface area contributed by atoms with Gasteiger partial charge in [0.2, 0.25) is 5.91 Å². The number of hydrogen-bond acceptors (Lipinski definition) is 4. The zero-order valence-corrected chi connectivity index (χ0v) is 10.8. The van der Waals surface area contributed by atoms with Gasteiger partial charge < -0.3 is 15.8 Å². The molecule has 0 bridgehead atoms. The van der Waals surface area contributed by atoms with Crippen LogP contribution in [0.2, 0.25) is 0 Å². The molecule has 2 rings (SSSR count). The fourth-order valence-electron chi connectivity index (χ4n) is 2.11. The molecule has 0 aromatic rings. The lowest BCUT2D eigenvalue weighted by atomic mass is 10.0. The second-order valence-electron chi connectivity index (χ2n) is 5.75. The van der Waals surface area contributed by atoms with Crippen LogP contribution in [0.5, 0.6) is 0 Å². The van der Waals surface area contributed by atoms with Gasteiger partial charge in [-0.2, -0.15) is 0 Å². The third kappa shape index (κ3) is 2.97. The van der Waals surface area contributed by atoms with Gasteiger partial charge in [0.05, 0.1) is 18.8 Å². The lowest BCUT2D eigenvalue weighted by Crippen LogP contribution is -2.57. The number of carbonyl (C=O) groups is 1. The number of amides is 1. The fourth-order valence-corrected chi connectivity index (χ4v) is 2.11. The Hall–Kier alpha value is -0.650. The number of rotatable bonds is 4. The molecule has 0 aromatic heterocycles. The number of nitrogens with one attached hydrogen (secondary N) is 1. The summed E-state index contributed by atoms with van der Waals surface area (Å²) in [6.45, 7) is 8.35. The molecule has 0 aromatic carbocycles. The van der Waals surface area contributed by atoms with Crippen LogP contribution in [-0.4, -0.2) is 54.7 Å². The summed E-state index contributed by atoms with van der Waals surface area (Å²) in [7, 11) is 0. The SMILES string of the molecule is CC(C)(CNC(=O)C1(N)CC1)N1CCOCC1. The lowest BCUT2D eigenvalue weighted by Gasteiger charge is -2.41. The first kappa shape index (κ1) is 12.8. The van der Waals surface area contributed by atoms with E-state index in [1.54, 1.807) is 0 Å². The van der Waals surface area contributed by atoms with Crippen molar-refractivity contribution in [2.45, 2.75) is 37.8 Å². The molecule has 0 atom stereocenters. The molecule has 5 nitrogen and oxygen atoms in total. The average molecular weight is 241 g/mol. The highest BCUT2D eigenvalue weighted by Crippen LogP contribution is 2.32. The molecule has 1 saturated heterocycles. The number of nitrogens with zero attached hydrogens (tertiary/aromatic N) is 1. The molecule has 0 radical (unpaired) electrons. The van der Waals surface area contributed by atoms with E-state index < -0.39 is 5.54 Å². The van der Waals surface area contributed by atoms with Crippen molar-refractivity contribution < 1.29 is 9.53 Å². The maximum atomic E-state index is 11.8. The smallest absolute Gasteiger partial charge is 0.240 e. The summed E-state index contributed by atoms with van der Waals surface area (Å²) in [5.74, 6) is -0.00108. The molecule has 0 unspecified atom stereocenters. The number of hydrogen-bond donors (Lipinski definition) is 2. The van der Waals surface area contributed by atoms with Crippen molar-refractivity contribution >= 4 is 5.91 Å². The highest BCUT2D eigenvalue weighted by Gasteiger charge is 2.46. The van der Waals surface area contributed by atoms with E-state index in [-0.39, 0.29) is 11.4 Å². The van der Waals surface area contributed by atoms with Crippen LogP contribution in [0.15, 0.2) is 0 Å². The van der Waals surface area contributed by atoms with E-state index in [4.69, 9.17) is 10.5 Å². The van der Waals surface area contributed by atoms with Crippen molar-refractivity contribution in [1.29, 1.82) is 0 Å². The van der Waals surface area contributed by atoms with Crippen LogP contribution in [0, 0.1) is 0 Å². The minimum atomic E-state index is -0.568. The zero-order valence-electron chi connectivity index (χ0n) is 10.8. The van der Waals surface area contributed by atoms with Gasteiger partial charge >= 0.3 is 0 Å². The summed E-state index contributed by atoms with van der Waals surface area (Å²) in [4.78, 5) is 14.1. The van der Waals surface area contributed by atoms with Gasteiger partial charge in [-0.3, -0.25) is 9.69 Å². The molecule has 1 aliphatic heterocycles. The summed E-state index contributed by atoms with van der Waals surface area (Å²) in [6, 6.07) is 0. The predicted molar refractivity (Wildman–Crippen MR) is 65.6 cm³/mol. The first-order chi connectivity index (χ1) is 7.94. The Morgan fingerprint density at radius 3 is 2.53 bits per heavy atom. The second kappa shape index (κ2) is 4.55. The molecule has 1 saturated carbocycles. The van der Waals surface area contributed by atoms with Crippen LogP contribution in [0.1, 0.15) is 26.7 Å². The molecule has 2 fully saturated rings. The van der Waals surface area contributed by atoms with Crippen LogP contribution >= 0.6 is 0 Å². The van der Waals surface area contributed by atoms with Gasteiger partial charge in [0.25, 0.3) is 0 Å². The van der Waals surface area contributed by atoms with Gasteiger partial charge in [-0.1, -0.05) is 0 Å². The molecule has 2 aliphatic rings. The van der Waals surface area contributed by atoms with Crippen LogP contribution < -0.4 is 11.1 Å². The Morgan fingerprint density at radius 2 is 2.00 bits per heavy atom. The molecule has 0 spiro atoms. The molecule has 98 valence electrons. The Labute approximate surface area is 103 Å². The summed E-state index contributed by atoms with van der Waals surface area (Å²) in [5.41, 5.74) is 5.25. The van der Waals surface area contributed by atoms with Gasteiger partial charge in [0.1, 0.15) is 0 Å². The number of nitrogens with two attached hydrogens (primary N) is 1. The van der Waals surface area contributed by atoms with Crippen LogP contribution in [0.4, 0.5) is 0 Å². The normalized spacial score (nSPS) is 24.4. The van der Waals surface area contributed by atoms with Gasteiger partial charge in [0.15, 0.2) is 0 Å². The summed E-state index contributed by atoms with van der Waals surface area (Å²) < 4.78 is 5.34. The number of carbonyl (C=O) groups excluding carboxylic acids is 1.